The highest BCUT2D eigenvalue weighted by Crippen LogP contribution is 2.44. The molecule has 1 aliphatic rings. The van der Waals surface area contributed by atoms with Crippen LogP contribution in [0.5, 0.6) is 0 Å². The average molecular weight is 459 g/mol. The molecule has 1 aliphatic carbocycles. The van der Waals surface area contributed by atoms with Crippen molar-refractivity contribution in [2.75, 3.05) is 18.6 Å². The lowest BCUT2D eigenvalue weighted by molar-refractivity contribution is -0.139. The first-order valence-electron chi connectivity index (χ1n) is 11.0. The Labute approximate surface area is 198 Å². The second-order valence-electron chi connectivity index (χ2n) is 8.30. The summed E-state index contributed by atoms with van der Waals surface area (Å²) in [6, 6.07) is 21.9. The lowest BCUT2D eigenvalue weighted by atomic mass is 9.98. The number of alkyl carbamates (subject to hydrolysis) is 1. The van der Waals surface area contributed by atoms with Crippen LogP contribution in [0, 0.1) is 6.92 Å². The summed E-state index contributed by atoms with van der Waals surface area (Å²) in [7, 11) is 1.55. The van der Waals surface area contributed by atoms with Gasteiger partial charge in [0.05, 0.1) is 6.42 Å². The van der Waals surface area contributed by atoms with E-state index in [0.29, 0.717) is 5.69 Å². The van der Waals surface area contributed by atoms with Gasteiger partial charge in [0.1, 0.15) is 12.6 Å². The fourth-order valence-corrected chi connectivity index (χ4v) is 4.45. The van der Waals surface area contributed by atoms with Gasteiger partial charge >= 0.3 is 12.1 Å². The average Bonchev–Trinajstić information content (AvgIpc) is 3.15. The zero-order valence-corrected chi connectivity index (χ0v) is 19.0. The molecule has 0 spiro atoms. The number of anilines is 1. The number of carbonyl (C=O) groups excluding carboxylic acids is 2. The van der Waals surface area contributed by atoms with Gasteiger partial charge in [-0.25, -0.2) is 4.79 Å². The number of hydrogen-bond acceptors (Lipinski definition) is 4. The summed E-state index contributed by atoms with van der Waals surface area (Å²) in [5.41, 5.74) is 5.82. The third-order valence-electron chi connectivity index (χ3n) is 6.12. The van der Waals surface area contributed by atoms with Crippen LogP contribution in [-0.4, -0.2) is 42.8 Å². The number of benzene rings is 3. The van der Waals surface area contributed by atoms with E-state index < -0.39 is 30.4 Å². The van der Waals surface area contributed by atoms with Crippen LogP contribution in [0.2, 0.25) is 0 Å². The molecule has 0 radical (unpaired) electrons. The SMILES string of the molecule is Cc1ccccc1N(C)C(=O)C(CC(=O)O)NC(=O)OCC1c2ccccc2-c2ccccc21. The molecule has 2 N–H and O–H groups in total. The summed E-state index contributed by atoms with van der Waals surface area (Å²) in [6.07, 6.45) is -1.39. The fourth-order valence-electron chi connectivity index (χ4n) is 4.45. The summed E-state index contributed by atoms with van der Waals surface area (Å²) >= 11 is 0. The minimum absolute atomic E-state index is 0.0709. The number of para-hydroxylation sites is 1. The van der Waals surface area contributed by atoms with Crippen molar-refractivity contribution in [3.8, 4) is 11.1 Å². The van der Waals surface area contributed by atoms with Gasteiger partial charge in [-0.3, -0.25) is 9.59 Å². The normalized spacial score (nSPS) is 12.9. The number of ether oxygens (including phenoxy) is 1. The number of carboxylic acids is 1. The molecule has 0 saturated carbocycles. The summed E-state index contributed by atoms with van der Waals surface area (Å²) in [6.45, 7) is 1.92. The Balaban J connectivity index is 1.46. The first-order valence-corrected chi connectivity index (χ1v) is 11.0. The standard InChI is InChI=1S/C27H26N2O5/c1-17-9-3-8-14-24(17)29(2)26(32)23(15-25(30)31)28-27(33)34-16-22-20-12-6-4-10-18(20)19-11-5-7-13-21(19)22/h3-14,22-23H,15-16H2,1-2H3,(H,28,33)(H,30,31). The van der Waals surface area contributed by atoms with Gasteiger partial charge < -0.3 is 20.1 Å². The largest absolute Gasteiger partial charge is 0.481 e. The predicted molar refractivity (Wildman–Crippen MR) is 129 cm³/mol. The highest BCUT2D eigenvalue weighted by Gasteiger charge is 2.31. The van der Waals surface area contributed by atoms with E-state index in [9.17, 15) is 19.5 Å². The van der Waals surface area contributed by atoms with Crippen molar-refractivity contribution in [3.63, 3.8) is 0 Å². The van der Waals surface area contributed by atoms with E-state index >= 15 is 0 Å². The van der Waals surface area contributed by atoms with Crippen LogP contribution in [0.15, 0.2) is 72.8 Å². The van der Waals surface area contributed by atoms with Crippen LogP contribution in [0.4, 0.5) is 10.5 Å². The zero-order valence-electron chi connectivity index (χ0n) is 19.0. The van der Waals surface area contributed by atoms with Gasteiger partial charge in [-0.15, -0.1) is 0 Å². The maximum atomic E-state index is 13.0. The Morgan fingerprint density at radius 3 is 2.09 bits per heavy atom. The second kappa shape index (κ2) is 9.79. The number of likely N-dealkylation sites (N-methyl/N-ethyl adjacent to an activating group) is 1. The Kier molecular flexibility index (Phi) is 6.63. The van der Waals surface area contributed by atoms with Gasteiger partial charge in [0.2, 0.25) is 5.91 Å². The number of fused-ring (bicyclic) bond motifs is 3. The molecule has 0 aliphatic heterocycles. The number of amides is 2. The van der Waals surface area contributed by atoms with E-state index in [1.807, 2.05) is 67.6 Å². The van der Waals surface area contributed by atoms with Crippen LogP contribution >= 0.6 is 0 Å². The summed E-state index contributed by atoms with van der Waals surface area (Å²) in [4.78, 5) is 38.5. The molecule has 34 heavy (non-hydrogen) atoms. The van der Waals surface area contributed by atoms with Gasteiger partial charge in [-0.2, -0.15) is 0 Å². The van der Waals surface area contributed by atoms with Gasteiger partial charge in [0, 0.05) is 18.7 Å². The second-order valence-corrected chi connectivity index (χ2v) is 8.30. The minimum Gasteiger partial charge on any atom is -0.481 e. The van der Waals surface area contributed by atoms with E-state index in [-0.39, 0.29) is 12.5 Å². The number of aryl methyl sites for hydroxylation is 1. The Hall–Kier alpha value is -4.13. The number of nitrogens with zero attached hydrogens (tertiary/aromatic N) is 1. The number of hydrogen-bond donors (Lipinski definition) is 2. The van der Waals surface area contributed by atoms with E-state index in [1.54, 1.807) is 19.2 Å². The quantitative estimate of drug-likeness (QED) is 0.549. The van der Waals surface area contributed by atoms with Crippen LogP contribution < -0.4 is 10.2 Å². The van der Waals surface area contributed by atoms with E-state index in [1.165, 1.54) is 4.90 Å². The number of carboxylic acid groups (broad SMARTS) is 1. The lowest BCUT2D eigenvalue weighted by Gasteiger charge is -2.25. The van der Waals surface area contributed by atoms with E-state index in [4.69, 9.17) is 4.74 Å². The molecule has 0 saturated heterocycles. The zero-order chi connectivity index (χ0) is 24.2. The molecular weight excluding hydrogens is 432 g/mol. The summed E-state index contributed by atoms with van der Waals surface area (Å²) in [5.74, 6) is -1.87. The number of nitrogens with one attached hydrogen (secondary N) is 1. The van der Waals surface area contributed by atoms with Crippen molar-refractivity contribution >= 4 is 23.7 Å². The summed E-state index contributed by atoms with van der Waals surface area (Å²) in [5, 5.41) is 11.8. The Morgan fingerprint density at radius 2 is 1.50 bits per heavy atom. The van der Waals surface area contributed by atoms with Gasteiger partial charge in [0.25, 0.3) is 0 Å². The van der Waals surface area contributed by atoms with Gasteiger partial charge in [-0.05, 0) is 40.8 Å². The molecule has 0 fully saturated rings. The number of carbonyl (C=O) groups is 3. The van der Waals surface area contributed by atoms with E-state index in [2.05, 4.69) is 5.32 Å². The number of aliphatic carboxylic acids is 1. The van der Waals surface area contributed by atoms with Crippen LogP contribution in [0.3, 0.4) is 0 Å². The predicted octanol–water partition coefficient (Wildman–Crippen LogP) is 4.34. The lowest BCUT2D eigenvalue weighted by Crippen LogP contribution is -2.49. The minimum atomic E-state index is -1.27. The first-order chi connectivity index (χ1) is 16.4. The van der Waals surface area contributed by atoms with Crippen LogP contribution in [0.25, 0.3) is 11.1 Å². The molecule has 2 amide bonds. The van der Waals surface area contributed by atoms with Gasteiger partial charge in [0.15, 0.2) is 0 Å². The molecule has 3 aromatic carbocycles. The molecule has 174 valence electrons. The maximum absolute atomic E-state index is 13.0. The monoisotopic (exact) mass is 458 g/mol. The summed E-state index contributed by atoms with van der Waals surface area (Å²) < 4.78 is 5.50. The highest BCUT2D eigenvalue weighted by molar-refractivity contribution is 6.00. The van der Waals surface area contributed by atoms with Crippen LogP contribution in [-0.2, 0) is 14.3 Å². The molecule has 0 bridgehead atoms. The first kappa shape index (κ1) is 23.0. The Bertz CT molecular complexity index is 1190. The molecule has 1 atom stereocenters. The molecule has 1 unspecified atom stereocenters. The van der Waals surface area contributed by atoms with Crippen molar-refractivity contribution < 1.29 is 24.2 Å². The highest BCUT2D eigenvalue weighted by atomic mass is 16.5. The third kappa shape index (κ3) is 4.64. The molecular formula is C27H26N2O5. The Morgan fingerprint density at radius 1 is 0.941 bits per heavy atom. The molecule has 4 rings (SSSR count). The molecule has 0 heterocycles. The van der Waals surface area contributed by atoms with Crippen LogP contribution in [0.1, 0.15) is 29.0 Å². The third-order valence-corrected chi connectivity index (χ3v) is 6.12. The van der Waals surface area contributed by atoms with Gasteiger partial charge in [-0.1, -0.05) is 66.7 Å². The van der Waals surface area contributed by atoms with Crippen molar-refractivity contribution in [1.82, 2.24) is 5.32 Å². The molecule has 0 aromatic heterocycles. The topological polar surface area (TPSA) is 95.9 Å². The smallest absolute Gasteiger partial charge is 0.407 e. The van der Waals surface area contributed by atoms with Crippen molar-refractivity contribution in [2.45, 2.75) is 25.3 Å². The van der Waals surface area contributed by atoms with E-state index in [0.717, 1.165) is 27.8 Å². The molecule has 7 heteroatoms. The van der Waals surface area contributed by atoms with Crippen molar-refractivity contribution in [2.24, 2.45) is 0 Å². The van der Waals surface area contributed by atoms with Crippen molar-refractivity contribution in [1.29, 1.82) is 0 Å². The van der Waals surface area contributed by atoms with Crippen molar-refractivity contribution in [3.05, 3.63) is 89.5 Å². The molecule has 3 aromatic rings. The maximum Gasteiger partial charge on any atom is 0.407 e. The fraction of sp³-hybridized carbons (Fsp3) is 0.222. The number of rotatable bonds is 7. The molecule has 7 nitrogen and oxygen atoms in total.